The third-order valence-corrected chi connectivity index (χ3v) is 3.73. The zero-order chi connectivity index (χ0) is 15.5. The second kappa shape index (κ2) is 6.15. The van der Waals surface area contributed by atoms with E-state index >= 15 is 0 Å². The number of hydrogen-bond acceptors (Lipinski definition) is 3. The normalized spacial score (nSPS) is 20.8. The molecule has 1 aliphatic carbocycles. The van der Waals surface area contributed by atoms with Gasteiger partial charge in [0.05, 0.1) is 11.9 Å². The van der Waals surface area contributed by atoms with Crippen LogP contribution in [0, 0.1) is 5.41 Å². The molecule has 0 aliphatic heterocycles. The molecule has 1 fully saturated rings. The highest BCUT2D eigenvalue weighted by Gasteiger charge is 2.28. The number of hydrogen-bond donors (Lipinski definition) is 3. The van der Waals surface area contributed by atoms with Gasteiger partial charge in [-0.15, -0.1) is 0 Å². The molecule has 1 atom stereocenters. The minimum atomic E-state index is -0.974. The van der Waals surface area contributed by atoms with Gasteiger partial charge in [0.15, 0.2) is 0 Å². The number of nitrogens with zero attached hydrogens (tertiary/aromatic N) is 2. The average molecular weight is 294 g/mol. The lowest BCUT2D eigenvalue weighted by Crippen LogP contribution is -2.42. The van der Waals surface area contributed by atoms with Crippen LogP contribution in [0.5, 0.6) is 0 Å². The Bertz CT molecular complexity index is 524. The summed E-state index contributed by atoms with van der Waals surface area (Å²) in [5, 5.41) is 18.2. The summed E-state index contributed by atoms with van der Waals surface area (Å²) in [6.07, 6.45) is 7.21. The van der Waals surface area contributed by atoms with Crippen molar-refractivity contribution in [3.63, 3.8) is 0 Å². The van der Waals surface area contributed by atoms with Gasteiger partial charge in [-0.05, 0) is 24.7 Å². The van der Waals surface area contributed by atoms with Crippen LogP contribution in [0.2, 0.25) is 0 Å². The lowest BCUT2D eigenvalue weighted by atomic mass is 9.75. The Labute approximate surface area is 123 Å². The number of nitrogens with one attached hydrogen (secondary N) is 2. The predicted octanol–water partition coefficient (Wildman–Crippen LogP) is 2.06. The highest BCUT2D eigenvalue weighted by molar-refractivity contribution is 5.89. The highest BCUT2D eigenvalue weighted by atomic mass is 16.4. The number of amides is 2. The fourth-order valence-corrected chi connectivity index (χ4v) is 2.83. The summed E-state index contributed by atoms with van der Waals surface area (Å²) in [7, 11) is 0. The molecule has 2 rings (SSSR count). The Morgan fingerprint density at radius 1 is 1.52 bits per heavy atom. The van der Waals surface area contributed by atoms with Gasteiger partial charge in [0.2, 0.25) is 0 Å². The van der Waals surface area contributed by atoms with Crippen LogP contribution in [0.15, 0.2) is 12.4 Å². The molecule has 1 saturated carbocycles. The summed E-state index contributed by atoms with van der Waals surface area (Å²) in [5.74, 6) is -0.974. The molecule has 7 heteroatoms. The third kappa shape index (κ3) is 4.77. The van der Waals surface area contributed by atoms with Gasteiger partial charge < -0.3 is 15.7 Å². The van der Waals surface area contributed by atoms with Crippen molar-refractivity contribution >= 4 is 17.7 Å². The van der Waals surface area contributed by atoms with Crippen LogP contribution < -0.4 is 10.6 Å². The molecule has 0 radical (unpaired) electrons. The molecular weight excluding hydrogens is 272 g/mol. The molecule has 1 aromatic heterocycles. The molecule has 0 saturated heterocycles. The van der Waals surface area contributed by atoms with Crippen LogP contribution >= 0.6 is 0 Å². The maximum Gasteiger partial charge on any atom is 0.325 e. The molecule has 0 spiro atoms. The molecule has 0 bridgehead atoms. The fourth-order valence-electron chi connectivity index (χ4n) is 2.83. The van der Waals surface area contributed by atoms with Crippen LogP contribution in [0.25, 0.3) is 0 Å². The first-order valence-electron chi connectivity index (χ1n) is 7.16. The number of urea groups is 1. The van der Waals surface area contributed by atoms with E-state index in [0.717, 1.165) is 19.3 Å². The number of carboxylic acid groups (broad SMARTS) is 1. The molecule has 1 heterocycles. The van der Waals surface area contributed by atoms with Gasteiger partial charge in [-0.1, -0.05) is 20.3 Å². The first-order valence-corrected chi connectivity index (χ1v) is 7.16. The molecule has 2 amide bonds. The summed E-state index contributed by atoms with van der Waals surface area (Å²) in [6, 6.07) is -0.0876. The smallest absolute Gasteiger partial charge is 0.325 e. The number of rotatable bonds is 4. The van der Waals surface area contributed by atoms with Gasteiger partial charge in [0.1, 0.15) is 6.54 Å². The van der Waals surface area contributed by atoms with Crippen molar-refractivity contribution in [3.05, 3.63) is 12.4 Å². The number of carbonyl (C=O) groups excluding carboxylic acids is 1. The van der Waals surface area contributed by atoms with Crippen LogP contribution in [0.1, 0.15) is 39.5 Å². The van der Waals surface area contributed by atoms with Crippen LogP contribution in [-0.4, -0.2) is 32.9 Å². The topological polar surface area (TPSA) is 96.3 Å². The van der Waals surface area contributed by atoms with E-state index in [1.165, 1.54) is 23.5 Å². The van der Waals surface area contributed by atoms with E-state index in [9.17, 15) is 9.59 Å². The van der Waals surface area contributed by atoms with Crippen LogP contribution in [-0.2, 0) is 11.3 Å². The van der Waals surface area contributed by atoms with E-state index in [1.54, 1.807) is 0 Å². The van der Waals surface area contributed by atoms with Crippen LogP contribution in [0.4, 0.5) is 10.5 Å². The summed E-state index contributed by atoms with van der Waals surface area (Å²) >= 11 is 0. The molecule has 1 aromatic rings. The average Bonchev–Trinajstić information content (AvgIpc) is 2.73. The summed E-state index contributed by atoms with van der Waals surface area (Å²) in [6.45, 7) is 4.21. The number of aliphatic carboxylic acids is 1. The molecule has 116 valence electrons. The third-order valence-electron chi connectivity index (χ3n) is 3.73. The number of carbonyl (C=O) groups is 2. The van der Waals surface area contributed by atoms with Gasteiger partial charge in [0.25, 0.3) is 0 Å². The Balaban J connectivity index is 1.84. The standard InChI is InChI=1S/C14H22N4O3/c1-14(2)5-3-4-10(6-14)16-13(21)17-11-7-15-18(8-11)9-12(19)20/h7-8,10H,3-6,9H2,1-2H3,(H,19,20)(H2,16,17,21). The lowest BCUT2D eigenvalue weighted by Gasteiger charge is -2.35. The van der Waals surface area contributed by atoms with Crippen molar-refractivity contribution in [2.45, 2.75) is 52.1 Å². The van der Waals surface area contributed by atoms with E-state index in [1.807, 2.05) is 0 Å². The lowest BCUT2D eigenvalue weighted by molar-refractivity contribution is -0.137. The SMILES string of the molecule is CC1(C)CCCC(NC(=O)Nc2cnn(CC(=O)O)c2)C1. The Morgan fingerprint density at radius 3 is 2.95 bits per heavy atom. The first-order chi connectivity index (χ1) is 9.84. The van der Waals surface area contributed by atoms with Crippen molar-refractivity contribution in [2.24, 2.45) is 5.41 Å². The maximum absolute atomic E-state index is 11.9. The minimum absolute atomic E-state index is 0.183. The zero-order valence-corrected chi connectivity index (χ0v) is 12.4. The minimum Gasteiger partial charge on any atom is -0.480 e. The van der Waals surface area contributed by atoms with Crippen molar-refractivity contribution in [2.75, 3.05) is 5.32 Å². The quantitative estimate of drug-likeness (QED) is 0.792. The molecule has 0 aromatic carbocycles. The van der Waals surface area contributed by atoms with Crippen molar-refractivity contribution in [1.82, 2.24) is 15.1 Å². The molecule has 21 heavy (non-hydrogen) atoms. The van der Waals surface area contributed by atoms with Crippen molar-refractivity contribution in [3.8, 4) is 0 Å². The Kier molecular flexibility index (Phi) is 4.50. The predicted molar refractivity (Wildman–Crippen MR) is 78.1 cm³/mol. The number of aromatic nitrogens is 2. The second-order valence-electron chi connectivity index (χ2n) is 6.38. The van der Waals surface area contributed by atoms with Gasteiger partial charge in [-0.25, -0.2) is 4.79 Å². The molecule has 3 N–H and O–H groups in total. The number of anilines is 1. The van der Waals surface area contributed by atoms with Crippen LogP contribution in [0.3, 0.4) is 0 Å². The maximum atomic E-state index is 11.9. The van der Waals surface area contributed by atoms with Gasteiger partial charge in [-0.3, -0.25) is 9.48 Å². The van der Waals surface area contributed by atoms with E-state index in [4.69, 9.17) is 5.11 Å². The summed E-state index contributed by atoms with van der Waals surface area (Å²) in [5.41, 5.74) is 0.756. The fraction of sp³-hybridized carbons (Fsp3) is 0.643. The van der Waals surface area contributed by atoms with Gasteiger partial charge >= 0.3 is 12.0 Å². The largest absolute Gasteiger partial charge is 0.480 e. The van der Waals surface area contributed by atoms with Crippen molar-refractivity contribution < 1.29 is 14.7 Å². The Hall–Kier alpha value is -2.05. The highest BCUT2D eigenvalue weighted by Crippen LogP contribution is 2.35. The molecule has 1 aliphatic rings. The molecule has 7 nitrogen and oxygen atoms in total. The van der Waals surface area contributed by atoms with Crippen molar-refractivity contribution in [1.29, 1.82) is 0 Å². The zero-order valence-electron chi connectivity index (χ0n) is 12.4. The summed E-state index contributed by atoms with van der Waals surface area (Å²) < 4.78 is 1.27. The molecular formula is C14H22N4O3. The van der Waals surface area contributed by atoms with E-state index in [-0.39, 0.29) is 24.0 Å². The summed E-state index contributed by atoms with van der Waals surface area (Å²) in [4.78, 5) is 22.5. The van der Waals surface area contributed by atoms with E-state index in [0.29, 0.717) is 5.69 Å². The van der Waals surface area contributed by atoms with Gasteiger partial charge in [0, 0.05) is 12.2 Å². The second-order valence-corrected chi connectivity index (χ2v) is 6.38. The van der Waals surface area contributed by atoms with E-state index < -0.39 is 5.97 Å². The van der Waals surface area contributed by atoms with Gasteiger partial charge in [-0.2, -0.15) is 5.10 Å². The van der Waals surface area contributed by atoms with E-state index in [2.05, 4.69) is 29.6 Å². The monoisotopic (exact) mass is 294 g/mol. The Morgan fingerprint density at radius 2 is 2.29 bits per heavy atom. The number of carboxylic acids is 1. The molecule has 1 unspecified atom stereocenters. The first kappa shape index (κ1) is 15.3.